The first kappa shape index (κ1) is 15.7. The van der Waals surface area contributed by atoms with Crippen molar-refractivity contribution < 1.29 is 14.6 Å². The third-order valence-electron chi connectivity index (χ3n) is 5.15. The van der Waals surface area contributed by atoms with Crippen LogP contribution in [-0.4, -0.2) is 85.7 Å². The van der Waals surface area contributed by atoms with Crippen LogP contribution in [0.4, 0.5) is 0 Å². The number of hydrogen-bond acceptors (Lipinski definition) is 5. The highest BCUT2D eigenvalue weighted by molar-refractivity contribution is 4.93. The molecule has 0 aromatic heterocycles. The summed E-state index contributed by atoms with van der Waals surface area (Å²) in [5, 5.41) is 9.64. The first-order valence-corrected chi connectivity index (χ1v) is 8.41. The van der Waals surface area contributed by atoms with Gasteiger partial charge in [-0.3, -0.25) is 9.80 Å². The van der Waals surface area contributed by atoms with E-state index in [9.17, 15) is 5.11 Å². The van der Waals surface area contributed by atoms with Gasteiger partial charge in [-0.25, -0.2) is 0 Å². The minimum absolute atomic E-state index is 0.00812. The zero-order chi connectivity index (χ0) is 14.9. The fourth-order valence-corrected chi connectivity index (χ4v) is 4.10. The summed E-state index contributed by atoms with van der Waals surface area (Å²) in [5.74, 6) is 0. The lowest BCUT2D eigenvalue weighted by Gasteiger charge is -2.45. The second kappa shape index (κ2) is 6.50. The van der Waals surface area contributed by atoms with Gasteiger partial charge in [0.2, 0.25) is 0 Å². The first-order valence-electron chi connectivity index (χ1n) is 8.41. The maximum Gasteiger partial charge on any atom is 0.0678 e. The molecule has 122 valence electrons. The highest BCUT2D eigenvalue weighted by Gasteiger charge is 2.42. The van der Waals surface area contributed by atoms with Crippen LogP contribution in [0.2, 0.25) is 0 Å². The van der Waals surface area contributed by atoms with E-state index in [4.69, 9.17) is 9.47 Å². The van der Waals surface area contributed by atoms with Gasteiger partial charge in [-0.2, -0.15) is 0 Å². The van der Waals surface area contributed by atoms with E-state index in [2.05, 4.69) is 23.6 Å². The largest absolute Gasteiger partial charge is 0.396 e. The second-order valence-corrected chi connectivity index (χ2v) is 7.39. The van der Waals surface area contributed by atoms with Crippen LogP contribution in [0.1, 0.15) is 26.7 Å². The molecule has 3 heterocycles. The summed E-state index contributed by atoms with van der Waals surface area (Å²) >= 11 is 0. The Morgan fingerprint density at radius 3 is 2.48 bits per heavy atom. The number of nitrogens with zero attached hydrogens (tertiary/aromatic N) is 2. The van der Waals surface area contributed by atoms with Gasteiger partial charge < -0.3 is 14.6 Å². The summed E-state index contributed by atoms with van der Waals surface area (Å²) < 4.78 is 11.2. The van der Waals surface area contributed by atoms with E-state index < -0.39 is 0 Å². The van der Waals surface area contributed by atoms with Crippen molar-refractivity contribution in [3.63, 3.8) is 0 Å². The standard InChI is InChI=1S/C16H30N2O3/c1-13-6-17(7-14(2)21-13)8-15-4-3-5-18(15)9-16(10-19)11-20-12-16/h13-15,19H,3-12H2,1-2H3. The van der Waals surface area contributed by atoms with E-state index >= 15 is 0 Å². The Bertz CT molecular complexity index is 333. The fraction of sp³-hybridized carbons (Fsp3) is 1.00. The van der Waals surface area contributed by atoms with Crippen molar-refractivity contribution in [1.29, 1.82) is 0 Å². The Kier molecular flexibility index (Phi) is 4.86. The van der Waals surface area contributed by atoms with E-state index in [1.165, 1.54) is 19.4 Å². The van der Waals surface area contributed by atoms with Crippen LogP contribution in [0.5, 0.6) is 0 Å². The predicted octanol–water partition coefficient (Wildman–Crippen LogP) is 0.569. The van der Waals surface area contributed by atoms with Crippen molar-refractivity contribution in [2.24, 2.45) is 5.41 Å². The Morgan fingerprint density at radius 2 is 1.90 bits per heavy atom. The first-order chi connectivity index (χ1) is 10.1. The van der Waals surface area contributed by atoms with E-state index in [0.29, 0.717) is 18.2 Å². The summed E-state index contributed by atoms with van der Waals surface area (Å²) in [6.45, 7) is 11.4. The van der Waals surface area contributed by atoms with Crippen LogP contribution in [0.25, 0.3) is 0 Å². The van der Waals surface area contributed by atoms with Crippen LogP contribution < -0.4 is 0 Å². The molecule has 3 rings (SSSR count). The monoisotopic (exact) mass is 298 g/mol. The Balaban J connectivity index is 1.54. The van der Waals surface area contributed by atoms with Crippen molar-refractivity contribution in [2.75, 3.05) is 52.5 Å². The Morgan fingerprint density at radius 1 is 1.19 bits per heavy atom. The summed E-state index contributed by atoms with van der Waals surface area (Å²) in [6, 6.07) is 0.631. The van der Waals surface area contributed by atoms with Gasteiger partial charge in [0, 0.05) is 32.2 Å². The zero-order valence-corrected chi connectivity index (χ0v) is 13.5. The van der Waals surface area contributed by atoms with Crippen LogP contribution in [0, 0.1) is 5.41 Å². The Hall–Kier alpha value is -0.200. The fourth-order valence-electron chi connectivity index (χ4n) is 4.10. The molecule has 5 heteroatoms. The summed E-state index contributed by atoms with van der Waals surface area (Å²) in [6.07, 6.45) is 3.24. The molecule has 0 radical (unpaired) electrons. The highest BCUT2D eigenvalue weighted by Crippen LogP contribution is 2.31. The zero-order valence-electron chi connectivity index (χ0n) is 13.5. The molecule has 3 saturated heterocycles. The van der Waals surface area contributed by atoms with E-state index in [1.807, 2.05) is 0 Å². The quantitative estimate of drug-likeness (QED) is 0.804. The average Bonchev–Trinajstić information content (AvgIpc) is 2.79. The molecule has 0 saturated carbocycles. The highest BCUT2D eigenvalue weighted by atomic mass is 16.5. The summed E-state index contributed by atoms with van der Waals surface area (Å²) in [7, 11) is 0. The lowest BCUT2D eigenvalue weighted by molar-refractivity contribution is -0.150. The molecule has 5 nitrogen and oxygen atoms in total. The van der Waals surface area contributed by atoms with Crippen LogP contribution in [0.3, 0.4) is 0 Å². The average molecular weight is 298 g/mol. The van der Waals surface area contributed by atoms with Crippen LogP contribution >= 0.6 is 0 Å². The molecule has 0 amide bonds. The minimum atomic E-state index is 0.00812. The smallest absolute Gasteiger partial charge is 0.0678 e. The number of hydrogen-bond donors (Lipinski definition) is 1. The molecule has 0 aromatic carbocycles. The van der Waals surface area contributed by atoms with Crippen molar-refractivity contribution in [1.82, 2.24) is 9.80 Å². The van der Waals surface area contributed by atoms with Crippen molar-refractivity contribution in [3.05, 3.63) is 0 Å². The predicted molar refractivity (Wildman–Crippen MR) is 81.4 cm³/mol. The van der Waals surface area contributed by atoms with Gasteiger partial charge in [-0.1, -0.05) is 0 Å². The number of aliphatic hydroxyl groups is 1. The third kappa shape index (κ3) is 3.59. The molecule has 0 spiro atoms. The topological polar surface area (TPSA) is 45.2 Å². The number of aliphatic hydroxyl groups excluding tert-OH is 1. The minimum Gasteiger partial charge on any atom is -0.396 e. The molecule has 21 heavy (non-hydrogen) atoms. The maximum absolute atomic E-state index is 9.64. The second-order valence-electron chi connectivity index (χ2n) is 7.39. The maximum atomic E-state index is 9.64. The van der Waals surface area contributed by atoms with Crippen molar-refractivity contribution >= 4 is 0 Å². The number of morpholine rings is 1. The van der Waals surface area contributed by atoms with E-state index in [1.54, 1.807) is 0 Å². The number of rotatable bonds is 5. The molecular weight excluding hydrogens is 268 g/mol. The van der Waals surface area contributed by atoms with Crippen molar-refractivity contribution in [3.8, 4) is 0 Å². The normalized spacial score (nSPS) is 37.6. The van der Waals surface area contributed by atoms with E-state index in [0.717, 1.165) is 39.4 Å². The summed E-state index contributed by atoms with van der Waals surface area (Å²) in [5.41, 5.74) is 0.00812. The van der Waals surface area contributed by atoms with Gasteiger partial charge in [0.15, 0.2) is 0 Å². The lowest BCUT2D eigenvalue weighted by atomic mass is 9.86. The molecule has 3 fully saturated rings. The molecule has 3 aliphatic rings. The van der Waals surface area contributed by atoms with Crippen molar-refractivity contribution in [2.45, 2.75) is 44.9 Å². The third-order valence-corrected chi connectivity index (χ3v) is 5.15. The van der Waals surface area contributed by atoms with Crippen LogP contribution in [0.15, 0.2) is 0 Å². The van der Waals surface area contributed by atoms with Gasteiger partial charge >= 0.3 is 0 Å². The summed E-state index contributed by atoms with van der Waals surface area (Å²) in [4.78, 5) is 5.15. The molecule has 3 aliphatic heterocycles. The lowest BCUT2D eigenvalue weighted by Crippen LogP contribution is -2.56. The molecule has 1 N–H and O–H groups in total. The van der Waals surface area contributed by atoms with Crippen LogP contribution in [-0.2, 0) is 9.47 Å². The molecular formula is C16H30N2O3. The molecule has 3 unspecified atom stereocenters. The molecule has 3 atom stereocenters. The van der Waals surface area contributed by atoms with Gasteiger partial charge in [0.25, 0.3) is 0 Å². The van der Waals surface area contributed by atoms with Gasteiger partial charge in [0.1, 0.15) is 0 Å². The van der Waals surface area contributed by atoms with Gasteiger partial charge in [-0.05, 0) is 33.2 Å². The van der Waals surface area contributed by atoms with E-state index in [-0.39, 0.29) is 12.0 Å². The molecule has 0 aliphatic carbocycles. The number of ether oxygens (including phenoxy) is 2. The molecule has 0 aromatic rings. The SMILES string of the molecule is CC1CN(CC2CCCN2CC2(CO)COC2)CC(C)O1. The number of likely N-dealkylation sites (tertiary alicyclic amines) is 1. The van der Waals surface area contributed by atoms with Gasteiger partial charge in [-0.15, -0.1) is 0 Å². The Labute approximate surface area is 128 Å². The van der Waals surface area contributed by atoms with Gasteiger partial charge in [0.05, 0.1) is 37.4 Å². The molecule has 0 bridgehead atoms.